The Morgan fingerprint density at radius 3 is 2.83 bits per heavy atom. The van der Waals surface area contributed by atoms with Gasteiger partial charge in [-0.15, -0.1) is 0 Å². The largest absolute Gasteiger partial charge is 0.269 e. The minimum absolute atomic E-state index is 0.333. The van der Waals surface area contributed by atoms with Crippen molar-refractivity contribution in [3.8, 4) is 0 Å². The van der Waals surface area contributed by atoms with Crippen LogP contribution in [0, 0.1) is 12.8 Å². The van der Waals surface area contributed by atoms with Crippen molar-refractivity contribution in [2.75, 3.05) is 13.1 Å². The first-order chi connectivity index (χ1) is 11.5. The zero-order chi connectivity index (χ0) is 17.2. The molecule has 0 amide bonds. The zero-order valence-electron chi connectivity index (χ0n) is 14.2. The lowest BCUT2D eigenvalue weighted by molar-refractivity contribution is 0.265. The number of sulfonamides is 1. The number of nitrogens with zero attached hydrogens (tertiary/aromatic N) is 4. The van der Waals surface area contributed by atoms with Gasteiger partial charge in [0.25, 0.3) is 0 Å². The number of hydrogen-bond donors (Lipinski definition) is 0. The standard InChI is InChI=1S/C17H24N4O2S/c1-3-21-14(2)17(12-19-21)24(22,23)20-9-5-7-16(13-20)10-15-6-4-8-18-11-15/h4,6,8,11-12,16H,3,5,7,9-10,13H2,1-2H3/t16-/m1/s1. The second kappa shape index (κ2) is 7.03. The van der Waals surface area contributed by atoms with Crippen LogP contribution in [0.15, 0.2) is 35.6 Å². The molecular weight excluding hydrogens is 324 g/mol. The summed E-state index contributed by atoms with van der Waals surface area (Å²) in [4.78, 5) is 4.49. The van der Waals surface area contributed by atoms with E-state index in [9.17, 15) is 8.42 Å². The first-order valence-electron chi connectivity index (χ1n) is 8.44. The fraction of sp³-hybridized carbons (Fsp3) is 0.529. The molecule has 2 aromatic heterocycles. The maximum Gasteiger partial charge on any atom is 0.246 e. The van der Waals surface area contributed by atoms with Gasteiger partial charge >= 0.3 is 0 Å². The van der Waals surface area contributed by atoms with E-state index in [1.165, 1.54) is 6.20 Å². The highest BCUT2D eigenvalue weighted by Crippen LogP contribution is 2.27. The average Bonchev–Trinajstić information content (AvgIpc) is 2.97. The third-order valence-corrected chi connectivity index (χ3v) is 6.67. The van der Waals surface area contributed by atoms with E-state index >= 15 is 0 Å². The molecule has 6 nitrogen and oxygen atoms in total. The van der Waals surface area contributed by atoms with Gasteiger partial charge < -0.3 is 0 Å². The minimum Gasteiger partial charge on any atom is -0.269 e. The molecule has 0 saturated carbocycles. The van der Waals surface area contributed by atoms with Gasteiger partial charge in [-0.1, -0.05) is 6.07 Å². The Morgan fingerprint density at radius 2 is 2.17 bits per heavy atom. The predicted molar refractivity (Wildman–Crippen MR) is 92.1 cm³/mol. The molecule has 1 atom stereocenters. The maximum atomic E-state index is 13.0. The molecule has 1 saturated heterocycles. The first kappa shape index (κ1) is 17.1. The summed E-state index contributed by atoms with van der Waals surface area (Å²) in [5.74, 6) is 0.333. The molecule has 2 aromatic rings. The SMILES string of the molecule is CCn1ncc(S(=O)(=O)N2CCC[C@H](Cc3cccnc3)C2)c1C. The lowest BCUT2D eigenvalue weighted by Gasteiger charge is -2.31. The van der Waals surface area contributed by atoms with Crippen molar-refractivity contribution in [3.63, 3.8) is 0 Å². The Hall–Kier alpha value is -1.73. The van der Waals surface area contributed by atoms with E-state index in [1.54, 1.807) is 15.2 Å². The molecule has 1 aliphatic heterocycles. The molecule has 0 radical (unpaired) electrons. The van der Waals surface area contributed by atoms with Crippen LogP contribution < -0.4 is 0 Å². The van der Waals surface area contributed by atoms with Crippen molar-refractivity contribution >= 4 is 10.0 Å². The molecule has 0 unspecified atom stereocenters. The van der Waals surface area contributed by atoms with Gasteiger partial charge in [-0.25, -0.2) is 8.42 Å². The molecule has 0 bridgehead atoms. The number of piperidine rings is 1. The maximum absolute atomic E-state index is 13.0. The van der Waals surface area contributed by atoms with Crippen LogP contribution in [-0.2, 0) is 23.0 Å². The molecule has 0 spiro atoms. The second-order valence-corrected chi connectivity index (χ2v) is 8.25. The van der Waals surface area contributed by atoms with Crippen LogP contribution >= 0.6 is 0 Å². The Kier molecular flexibility index (Phi) is 5.01. The molecule has 0 aromatic carbocycles. The van der Waals surface area contributed by atoms with Crippen molar-refractivity contribution in [2.45, 2.75) is 44.6 Å². The van der Waals surface area contributed by atoms with Crippen molar-refractivity contribution < 1.29 is 8.42 Å². The molecule has 1 fully saturated rings. The van der Waals surface area contributed by atoms with Crippen molar-refractivity contribution in [3.05, 3.63) is 42.0 Å². The van der Waals surface area contributed by atoms with Crippen LogP contribution in [-0.4, -0.2) is 40.6 Å². The Morgan fingerprint density at radius 1 is 1.33 bits per heavy atom. The molecule has 3 rings (SSSR count). The summed E-state index contributed by atoms with van der Waals surface area (Å²) in [5.41, 5.74) is 1.88. The molecule has 7 heteroatoms. The van der Waals surface area contributed by atoms with Crippen LogP contribution in [0.25, 0.3) is 0 Å². The Balaban J connectivity index is 1.77. The number of aryl methyl sites for hydroxylation is 1. The van der Waals surface area contributed by atoms with Crippen LogP contribution in [0.5, 0.6) is 0 Å². The van der Waals surface area contributed by atoms with Crippen LogP contribution in [0.4, 0.5) is 0 Å². The van der Waals surface area contributed by atoms with Gasteiger partial charge in [-0.3, -0.25) is 9.67 Å². The molecule has 24 heavy (non-hydrogen) atoms. The minimum atomic E-state index is -3.47. The highest BCUT2D eigenvalue weighted by atomic mass is 32.2. The smallest absolute Gasteiger partial charge is 0.246 e. The monoisotopic (exact) mass is 348 g/mol. The normalized spacial score (nSPS) is 19.5. The van der Waals surface area contributed by atoms with Gasteiger partial charge in [0.05, 0.1) is 11.9 Å². The molecule has 0 N–H and O–H groups in total. The fourth-order valence-corrected chi connectivity index (χ4v) is 5.12. The van der Waals surface area contributed by atoms with Crippen LogP contribution in [0.3, 0.4) is 0 Å². The Bertz CT molecular complexity index is 786. The van der Waals surface area contributed by atoms with E-state index in [2.05, 4.69) is 16.1 Å². The fourth-order valence-electron chi connectivity index (χ4n) is 3.40. The Labute approximate surface area is 143 Å². The van der Waals surface area contributed by atoms with Gasteiger partial charge in [-0.05, 0) is 50.7 Å². The quantitative estimate of drug-likeness (QED) is 0.831. The average molecular weight is 348 g/mol. The van der Waals surface area contributed by atoms with E-state index in [0.29, 0.717) is 36.1 Å². The summed E-state index contributed by atoms with van der Waals surface area (Å²) in [5, 5.41) is 4.18. The third-order valence-electron chi connectivity index (χ3n) is 4.70. The van der Waals surface area contributed by atoms with Crippen molar-refractivity contribution in [2.24, 2.45) is 5.92 Å². The second-order valence-electron chi connectivity index (χ2n) is 6.35. The number of hydrogen-bond acceptors (Lipinski definition) is 4. The lowest BCUT2D eigenvalue weighted by atomic mass is 9.93. The van der Waals surface area contributed by atoms with E-state index in [1.807, 2.05) is 26.1 Å². The zero-order valence-corrected chi connectivity index (χ0v) is 15.0. The summed E-state index contributed by atoms with van der Waals surface area (Å²) >= 11 is 0. The van der Waals surface area contributed by atoms with Gasteiger partial charge in [-0.2, -0.15) is 9.40 Å². The van der Waals surface area contributed by atoms with E-state index in [4.69, 9.17) is 0 Å². The summed E-state index contributed by atoms with van der Waals surface area (Å²) in [6.45, 7) is 5.60. The number of aromatic nitrogens is 3. The van der Waals surface area contributed by atoms with Gasteiger partial charge in [0.2, 0.25) is 10.0 Å². The highest BCUT2D eigenvalue weighted by Gasteiger charge is 2.32. The molecular formula is C17H24N4O2S. The highest BCUT2D eigenvalue weighted by molar-refractivity contribution is 7.89. The van der Waals surface area contributed by atoms with Gasteiger partial charge in [0, 0.05) is 32.0 Å². The van der Waals surface area contributed by atoms with Gasteiger partial charge in [0.15, 0.2) is 0 Å². The van der Waals surface area contributed by atoms with Gasteiger partial charge in [0.1, 0.15) is 4.90 Å². The van der Waals surface area contributed by atoms with Crippen molar-refractivity contribution in [1.29, 1.82) is 0 Å². The molecule has 130 valence electrons. The molecule has 0 aliphatic carbocycles. The summed E-state index contributed by atoms with van der Waals surface area (Å²) in [6, 6.07) is 3.98. The van der Waals surface area contributed by atoms with Crippen LogP contribution in [0.2, 0.25) is 0 Å². The van der Waals surface area contributed by atoms with Crippen molar-refractivity contribution in [1.82, 2.24) is 19.1 Å². The molecule has 1 aliphatic rings. The van der Waals surface area contributed by atoms with E-state index in [0.717, 1.165) is 24.8 Å². The summed E-state index contributed by atoms with van der Waals surface area (Å²) < 4.78 is 29.3. The van der Waals surface area contributed by atoms with E-state index in [-0.39, 0.29) is 0 Å². The lowest BCUT2D eigenvalue weighted by Crippen LogP contribution is -2.40. The topological polar surface area (TPSA) is 68.1 Å². The van der Waals surface area contributed by atoms with E-state index < -0.39 is 10.0 Å². The first-order valence-corrected chi connectivity index (χ1v) is 9.88. The summed E-state index contributed by atoms with van der Waals surface area (Å²) in [7, 11) is -3.47. The number of pyridine rings is 1. The third kappa shape index (κ3) is 3.37. The summed E-state index contributed by atoms with van der Waals surface area (Å²) in [6.07, 6.45) is 7.92. The number of rotatable bonds is 5. The predicted octanol–water partition coefficient (Wildman–Crippen LogP) is 2.25. The van der Waals surface area contributed by atoms with Crippen LogP contribution in [0.1, 0.15) is 31.0 Å². The molecule has 3 heterocycles.